The van der Waals surface area contributed by atoms with Gasteiger partial charge in [0, 0.05) is 23.4 Å². The minimum absolute atomic E-state index is 0.0245. The number of carbonyl (C=O) groups excluding carboxylic acids is 1. The van der Waals surface area contributed by atoms with Gasteiger partial charge in [-0.1, -0.05) is 18.2 Å². The van der Waals surface area contributed by atoms with E-state index in [-0.39, 0.29) is 5.56 Å². The first-order valence-corrected chi connectivity index (χ1v) is 9.94. The van der Waals surface area contributed by atoms with E-state index < -0.39 is 11.6 Å². The van der Waals surface area contributed by atoms with Crippen LogP contribution < -0.4 is 9.47 Å². The van der Waals surface area contributed by atoms with E-state index in [0.717, 1.165) is 22.6 Å². The monoisotopic (exact) mass is 428 g/mol. The summed E-state index contributed by atoms with van der Waals surface area (Å²) in [5.74, 6) is 0.0140. The van der Waals surface area contributed by atoms with Gasteiger partial charge < -0.3 is 9.47 Å². The maximum Gasteiger partial charge on any atom is 0.188 e. The first-order valence-electron chi connectivity index (χ1n) is 9.94. The van der Waals surface area contributed by atoms with Crippen molar-refractivity contribution in [2.75, 3.05) is 14.2 Å². The molecule has 4 rings (SSSR count). The van der Waals surface area contributed by atoms with Crippen molar-refractivity contribution in [3.8, 4) is 28.4 Å². The number of methoxy groups -OCH3 is 2. The molecule has 32 heavy (non-hydrogen) atoms. The highest BCUT2D eigenvalue weighted by atomic mass is 19.1. The molecule has 160 valence electrons. The lowest BCUT2D eigenvalue weighted by atomic mass is 10.1. The summed E-state index contributed by atoms with van der Waals surface area (Å²) in [6.07, 6.45) is 4.84. The van der Waals surface area contributed by atoms with Crippen LogP contribution in [0.3, 0.4) is 0 Å². The van der Waals surface area contributed by atoms with E-state index >= 15 is 0 Å². The number of rotatable bonds is 7. The standard InChI is InChI=1S/C26H21FN2O3/c1-31-21-11-8-18(9-12-21)26-19(17-29(28-26)20-6-4-3-5-7-20)10-15-25(30)23-14-13-22(32-2)16-24(23)27/h3-17H,1-2H3. The average molecular weight is 428 g/mol. The van der Waals surface area contributed by atoms with Gasteiger partial charge in [-0.3, -0.25) is 4.79 Å². The average Bonchev–Trinajstić information content (AvgIpc) is 3.27. The fourth-order valence-electron chi connectivity index (χ4n) is 3.27. The van der Waals surface area contributed by atoms with Crippen LogP contribution in [0.5, 0.6) is 11.5 Å². The SMILES string of the molecule is COc1ccc(-c2nn(-c3ccccc3)cc2C=CC(=O)c2ccc(OC)cc2F)cc1. The summed E-state index contributed by atoms with van der Waals surface area (Å²) in [7, 11) is 3.05. The Hall–Kier alpha value is -4.19. The number of carbonyl (C=O) groups is 1. The third-order valence-corrected chi connectivity index (χ3v) is 4.98. The van der Waals surface area contributed by atoms with Crippen LogP contribution in [-0.2, 0) is 0 Å². The first-order chi connectivity index (χ1) is 15.6. The molecule has 3 aromatic carbocycles. The molecule has 0 atom stereocenters. The number of allylic oxidation sites excluding steroid dienone is 1. The molecule has 0 aliphatic heterocycles. The van der Waals surface area contributed by atoms with Crippen LogP contribution in [0.2, 0.25) is 0 Å². The van der Waals surface area contributed by atoms with Gasteiger partial charge in [0.05, 0.1) is 31.2 Å². The van der Waals surface area contributed by atoms with Crippen molar-refractivity contribution in [1.82, 2.24) is 9.78 Å². The van der Waals surface area contributed by atoms with Crippen molar-refractivity contribution >= 4 is 11.9 Å². The molecule has 0 saturated carbocycles. The maximum absolute atomic E-state index is 14.3. The molecular weight excluding hydrogens is 407 g/mol. The van der Waals surface area contributed by atoms with Gasteiger partial charge in [-0.05, 0) is 60.7 Å². The Balaban J connectivity index is 1.71. The summed E-state index contributed by atoms with van der Waals surface area (Å²) in [4.78, 5) is 12.6. The number of para-hydroxylation sites is 1. The van der Waals surface area contributed by atoms with Crippen LogP contribution in [-0.4, -0.2) is 29.8 Å². The topological polar surface area (TPSA) is 53.4 Å². The van der Waals surface area contributed by atoms with Gasteiger partial charge in [-0.2, -0.15) is 5.10 Å². The van der Waals surface area contributed by atoms with Gasteiger partial charge in [-0.15, -0.1) is 0 Å². The molecule has 1 heterocycles. The first kappa shape index (κ1) is 21.1. The number of ketones is 1. The Morgan fingerprint density at radius 3 is 2.28 bits per heavy atom. The number of benzene rings is 3. The lowest BCUT2D eigenvalue weighted by molar-refractivity contribution is 0.104. The zero-order chi connectivity index (χ0) is 22.5. The van der Waals surface area contributed by atoms with Gasteiger partial charge in [0.1, 0.15) is 17.3 Å². The highest BCUT2D eigenvalue weighted by molar-refractivity contribution is 6.07. The van der Waals surface area contributed by atoms with Crippen LogP contribution in [0.25, 0.3) is 23.0 Å². The molecule has 0 radical (unpaired) electrons. The lowest BCUT2D eigenvalue weighted by Crippen LogP contribution is -1.99. The quantitative estimate of drug-likeness (QED) is 0.284. The highest BCUT2D eigenvalue weighted by Gasteiger charge is 2.13. The van der Waals surface area contributed by atoms with Crippen LogP contribution in [0.4, 0.5) is 4.39 Å². The predicted octanol–water partition coefficient (Wildman–Crippen LogP) is 5.59. The highest BCUT2D eigenvalue weighted by Crippen LogP contribution is 2.27. The minimum atomic E-state index is -0.630. The molecule has 0 saturated heterocycles. The zero-order valence-electron chi connectivity index (χ0n) is 17.7. The van der Waals surface area contributed by atoms with Crippen LogP contribution >= 0.6 is 0 Å². The van der Waals surface area contributed by atoms with Crippen LogP contribution in [0.15, 0.2) is 85.1 Å². The number of hydrogen-bond donors (Lipinski definition) is 0. The van der Waals surface area contributed by atoms with Gasteiger partial charge in [0.25, 0.3) is 0 Å². The summed E-state index contributed by atoms with van der Waals surface area (Å²) >= 11 is 0. The van der Waals surface area contributed by atoms with Gasteiger partial charge in [0.2, 0.25) is 0 Å². The Morgan fingerprint density at radius 1 is 0.938 bits per heavy atom. The molecule has 0 bridgehead atoms. The number of ether oxygens (including phenoxy) is 2. The van der Waals surface area contributed by atoms with Crippen molar-refractivity contribution < 1.29 is 18.7 Å². The van der Waals surface area contributed by atoms with E-state index in [1.807, 2.05) is 60.8 Å². The maximum atomic E-state index is 14.3. The summed E-state index contributed by atoms with van der Waals surface area (Å²) in [5.41, 5.74) is 3.14. The molecule has 0 amide bonds. The molecule has 6 heteroatoms. The Kier molecular flexibility index (Phi) is 6.12. The molecule has 0 N–H and O–H groups in total. The molecule has 1 aromatic heterocycles. The molecular formula is C26H21FN2O3. The van der Waals surface area contributed by atoms with E-state index in [0.29, 0.717) is 11.4 Å². The van der Waals surface area contributed by atoms with E-state index in [4.69, 9.17) is 14.6 Å². The lowest BCUT2D eigenvalue weighted by Gasteiger charge is -2.03. The Labute approximate surface area is 185 Å². The van der Waals surface area contributed by atoms with Gasteiger partial charge in [0.15, 0.2) is 5.78 Å². The number of halogens is 1. The third-order valence-electron chi connectivity index (χ3n) is 4.98. The largest absolute Gasteiger partial charge is 0.497 e. The number of nitrogens with zero attached hydrogens (tertiary/aromatic N) is 2. The second-order valence-electron chi connectivity index (χ2n) is 6.99. The van der Waals surface area contributed by atoms with Crippen LogP contribution in [0, 0.1) is 5.82 Å². The van der Waals surface area contributed by atoms with Crippen LogP contribution in [0.1, 0.15) is 15.9 Å². The Bertz CT molecular complexity index is 1260. The Morgan fingerprint density at radius 2 is 1.62 bits per heavy atom. The fraction of sp³-hybridized carbons (Fsp3) is 0.0769. The summed E-state index contributed by atoms with van der Waals surface area (Å²) in [6, 6.07) is 21.3. The van der Waals surface area contributed by atoms with E-state index in [9.17, 15) is 9.18 Å². The third kappa shape index (κ3) is 4.44. The summed E-state index contributed by atoms with van der Waals surface area (Å²) in [5, 5.41) is 4.72. The van der Waals surface area contributed by atoms with Crippen molar-refractivity contribution in [3.63, 3.8) is 0 Å². The van der Waals surface area contributed by atoms with E-state index in [1.165, 1.54) is 25.3 Å². The molecule has 0 fully saturated rings. The summed E-state index contributed by atoms with van der Waals surface area (Å²) < 4.78 is 26.3. The van der Waals surface area contributed by atoms with Crippen molar-refractivity contribution in [1.29, 1.82) is 0 Å². The summed E-state index contributed by atoms with van der Waals surface area (Å²) in [6.45, 7) is 0. The van der Waals surface area contributed by atoms with Gasteiger partial charge in [-0.25, -0.2) is 9.07 Å². The van der Waals surface area contributed by atoms with E-state index in [2.05, 4.69) is 0 Å². The van der Waals surface area contributed by atoms with Crippen molar-refractivity contribution in [3.05, 3.63) is 102 Å². The molecule has 0 aliphatic rings. The predicted molar refractivity (Wildman–Crippen MR) is 122 cm³/mol. The molecule has 0 unspecified atom stereocenters. The van der Waals surface area contributed by atoms with Gasteiger partial charge >= 0.3 is 0 Å². The molecule has 0 spiro atoms. The fourth-order valence-corrected chi connectivity index (χ4v) is 3.27. The zero-order valence-corrected chi connectivity index (χ0v) is 17.7. The second kappa shape index (κ2) is 9.31. The van der Waals surface area contributed by atoms with E-state index in [1.54, 1.807) is 23.9 Å². The number of aromatic nitrogens is 2. The van der Waals surface area contributed by atoms with Crippen molar-refractivity contribution in [2.45, 2.75) is 0 Å². The number of hydrogen-bond acceptors (Lipinski definition) is 4. The normalized spacial score (nSPS) is 11.0. The molecule has 5 nitrogen and oxygen atoms in total. The molecule has 0 aliphatic carbocycles. The van der Waals surface area contributed by atoms with Crippen molar-refractivity contribution in [2.24, 2.45) is 0 Å². The second-order valence-corrected chi connectivity index (χ2v) is 6.99. The molecule has 4 aromatic rings. The minimum Gasteiger partial charge on any atom is -0.497 e. The smallest absolute Gasteiger partial charge is 0.188 e.